The third-order valence-corrected chi connectivity index (χ3v) is 4.93. The summed E-state index contributed by atoms with van der Waals surface area (Å²) in [5, 5.41) is 5.96. The molecule has 0 heterocycles. The average Bonchev–Trinajstić information content (AvgIpc) is 2.97. The highest BCUT2D eigenvalue weighted by Crippen LogP contribution is 2.19. The lowest BCUT2D eigenvalue weighted by molar-refractivity contribution is 0.0933. The van der Waals surface area contributed by atoms with Crippen LogP contribution in [0.4, 0.5) is 5.69 Å². The van der Waals surface area contributed by atoms with Crippen molar-refractivity contribution >= 4 is 17.5 Å². The van der Waals surface area contributed by atoms with Crippen molar-refractivity contribution in [3.8, 4) is 5.75 Å². The second-order valence-corrected chi connectivity index (χ2v) is 6.93. The lowest BCUT2D eigenvalue weighted by Crippen LogP contribution is -2.34. The molecule has 2 amide bonds. The predicted octanol–water partition coefficient (Wildman–Crippen LogP) is 4.40. The number of benzene rings is 2. The van der Waals surface area contributed by atoms with E-state index in [1.165, 1.54) is 12.8 Å². The Hall–Kier alpha value is -2.82. The molecule has 0 bridgehead atoms. The quantitative estimate of drug-likeness (QED) is 0.771. The smallest absolute Gasteiger partial charge is 0.255 e. The van der Waals surface area contributed by atoms with Gasteiger partial charge in [-0.1, -0.05) is 31.7 Å². The van der Waals surface area contributed by atoms with E-state index in [0.717, 1.165) is 31.4 Å². The molecule has 142 valence electrons. The van der Waals surface area contributed by atoms with Crippen molar-refractivity contribution in [2.45, 2.75) is 44.6 Å². The van der Waals surface area contributed by atoms with Gasteiger partial charge in [-0.3, -0.25) is 9.59 Å². The fraction of sp³-hybridized carbons (Fsp3) is 0.364. The van der Waals surface area contributed by atoms with Crippen LogP contribution >= 0.6 is 0 Å². The van der Waals surface area contributed by atoms with E-state index >= 15 is 0 Å². The zero-order valence-electron chi connectivity index (χ0n) is 15.7. The highest BCUT2D eigenvalue weighted by Gasteiger charge is 2.17. The van der Waals surface area contributed by atoms with Crippen LogP contribution in [0, 0.1) is 0 Å². The second-order valence-electron chi connectivity index (χ2n) is 6.93. The van der Waals surface area contributed by atoms with Crippen LogP contribution in [0.5, 0.6) is 5.75 Å². The first-order valence-electron chi connectivity index (χ1n) is 9.52. The van der Waals surface area contributed by atoms with E-state index in [-0.39, 0.29) is 17.9 Å². The molecule has 1 aliphatic carbocycles. The fourth-order valence-corrected chi connectivity index (χ4v) is 3.37. The molecule has 0 aromatic heterocycles. The van der Waals surface area contributed by atoms with Gasteiger partial charge in [-0.2, -0.15) is 0 Å². The summed E-state index contributed by atoms with van der Waals surface area (Å²) in [5.74, 6) is 0.371. The molecule has 0 spiro atoms. The Kier molecular flexibility index (Phi) is 6.47. The molecule has 3 rings (SSSR count). The highest BCUT2D eigenvalue weighted by atomic mass is 16.5. The maximum absolute atomic E-state index is 12.6. The fourth-order valence-electron chi connectivity index (χ4n) is 3.37. The lowest BCUT2D eigenvalue weighted by atomic mass is 10.1. The van der Waals surface area contributed by atoms with Crippen LogP contribution in [0.2, 0.25) is 0 Å². The first kappa shape index (κ1) is 19.0. The SMILES string of the molecule is COc1ccc(NC(=O)c2cccc(C(=O)NC3CCCCCC3)c2)cc1. The van der Waals surface area contributed by atoms with Gasteiger partial charge in [0.25, 0.3) is 11.8 Å². The monoisotopic (exact) mass is 366 g/mol. The van der Waals surface area contributed by atoms with Gasteiger partial charge in [0.2, 0.25) is 0 Å². The molecule has 0 radical (unpaired) electrons. The Morgan fingerprint density at radius 1 is 0.889 bits per heavy atom. The summed E-state index contributed by atoms with van der Waals surface area (Å²) < 4.78 is 5.11. The molecular formula is C22H26N2O3. The molecule has 2 N–H and O–H groups in total. The Bertz CT molecular complexity index is 778. The molecule has 0 saturated heterocycles. The predicted molar refractivity (Wildman–Crippen MR) is 106 cm³/mol. The van der Waals surface area contributed by atoms with Crippen LogP contribution in [-0.4, -0.2) is 25.0 Å². The number of hydrogen-bond donors (Lipinski definition) is 2. The summed E-state index contributed by atoms with van der Waals surface area (Å²) in [6.45, 7) is 0. The number of nitrogens with one attached hydrogen (secondary N) is 2. The largest absolute Gasteiger partial charge is 0.497 e. The third-order valence-electron chi connectivity index (χ3n) is 4.93. The molecule has 1 fully saturated rings. The number of ether oxygens (including phenoxy) is 1. The van der Waals surface area contributed by atoms with Gasteiger partial charge in [0.05, 0.1) is 7.11 Å². The molecule has 1 saturated carbocycles. The number of amides is 2. The normalized spacial score (nSPS) is 14.9. The Labute approximate surface area is 160 Å². The molecule has 0 atom stereocenters. The summed E-state index contributed by atoms with van der Waals surface area (Å²) in [7, 11) is 1.60. The maximum atomic E-state index is 12.6. The van der Waals surface area contributed by atoms with Gasteiger partial charge in [-0.25, -0.2) is 0 Å². The minimum atomic E-state index is -0.246. The van der Waals surface area contributed by atoms with Crippen molar-refractivity contribution in [2.75, 3.05) is 12.4 Å². The maximum Gasteiger partial charge on any atom is 0.255 e. The zero-order chi connectivity index (χ0) is 19.1. The minimum Gasteiger partial charge on any atom is -0.497 e. The molecule has 2 aromatic rings. The molecule has 1 aliphatic rings. The van der Waals surface area contributed by atoms with E-state index in [4.69, 9.17) is 4.74 Å². The highest BCUT2D eigenvalue weighted by molar-refractivity contribution is 6.06. The van der Waals surface area contributed by atoms with Gasteiger partial charge < -0.3 is 15.4 Å². The van der Waals surface area contributed by atoms with Crippen molar-refractivity contribution in [1.82, 2.24) is 5.32 Å². The van der Waals surface area contributed by atoms with Crippen LogP contribution in [0.15, 0.2) is 48.5 Å². The first-order valence-corrected chi connectivity index (χ1v) is 9.52. The van der Waals surface area contributed by atoms with Gasteiger partial charge in [-0.05, 0) is 55.3 Å². The van der Waals surface area contributed by atoms with E-state index in [2.05, 4.69) is 10.6 Å². The summed E-state index contributed by atoms with van der Waals surface area (Å²) in [6.07, 6.45) is 6.87. The number of hydrogen-bond acceptors (Lipinski definition) is 3. The van der Waals surface area contributed by atoms with E-state index in [0.29, 0.717) is 16.8 Å². The topological polar surface area (TPSA) is 67.4 Å². The molecule has 5 nitrogen and oxygen atoms in total. The van der Waals surface area contributed by atoms with Crippen molar-refractivity contribution in [1.29, 1.82) is 0 Å². The Balaban J connectivity index is 1.64. The molecule has 0 aliphatic heterocycles. The number of carbonyl (C=O) groups excluding carboxylic acids is 2. The number of methoxy groups -OCH3 is 1. The van der Waals surface area contributed by atoms with E-state index in [9.17, 15) is 9.59 Å². The minimum absolute atomic E-state index is 0.110. The summed E-state index contributed by atoms with van der Waals surface area (Å²) in [4.78, 5) is 25.1. The second kappa shape index (κ2) is 9.21. The van der Waals surface area contributed by atoms with Crippen LogP contribution in [0.1, 0.15) is 59.2 Å². The lowest BCUT2D eigenvalue weighted by Gasteiger charge is -2.16. The van der Waals surface area contributed by atoms with Crippen LogP contribution in [0.25, 0.3) is 0 Å². The van der Waals surface area contributed by atoms with Gasteiger partial charge >= 0.3 is 0 Å². The van der Waals surface area contributed by atoms with E-state index in [1.807, 2.05) is 0 Å². The van der Waals surface area contributed by atoms with Crippen LogP contribution in [0.3, 0.4) is 0 Å². The van der Waals surface area contributed by atoms with Crippen molar-refractivity contribution in [3.05, 3.63) is 59.7 Å². The molecular weight excluding hydrogens is 340 g/mol. The standard InChI is InChI=1S/C22H26N2O3/c1-27-20-13-11-19(12-14-20)24-22(26)17-8-6-7-16(15-17)21(25)23-18-9-4-2-3-5-10-18/h6-8,11-15,18H,2-5,9-10H2,1H3,(H,23,25)(H,24,26). The third kappa shape index (κ3) is 5.33. The van der Waals surface area contributed by atoms with Gasteiger partial charge in [-0.15, -0.1) is 0 Å². The first-order chi connectivity index (χ1) is 13.2. The number of carbonyl (C=O) groups is 2. The summed E-state index contributed by atoms with van der Waals surface area (Å²) in [5.41, 5.74) is 1.65. The summed E-state index contributed by atoms with van der Waals surface area (Å²) >= 11 is 0. The average molecular weight is 366 g/mol. The molecule has 27 heavy (non-hydrogen) atoms. The van der Waals surface area contributed by atoms with Crippen LogP contribution < -0.4 is 15.4 Å². The van der Waals surface area contributed by atoms with Gasteiger partial charge in [0.15, 0.2) is 0 Å². The molecule has 2 aromatic carbocycles. The van der Waals surface area contributed by atoms with Gasteiger partial charge in [0.1, 0.15) is 5.75 Å². The zero-order valence-corrected chi connectivity index (χ0v) is 15.7. The number of anilines is 1. The molecule has 0 unspecified atom stereocenters. The van der Waals surface area contributed by atoms with Crippen molar-refractivity contribution < 1.29 is 14.3 Å². The van der Waals surface area contributed by atoms with Gasteiger partial charge in [0, 0.05) is 22.9 Å². The number of rotatable bonds is 5. The van der Waals surface area contributed by atoms with Crippen LogP contribution in [-0.2, 0) is 0 Å². The Morgan fingerprint density at radius 3 is 2.15 bits per heavy atom. The van der Waals surface area contributed by atoms with E-state index < -0.39 is 0 Å². The Morgan fingerprint density at radius 2 is 1.52 bits per heavy atom. The molecule has 5 heteroatoms. The van der Waals surface area contributed by atoms with Crippen molar-refractivity contribution in [2.24, 2.45) is 0 Å². The summed E-state index contributed by atoms with van der Waals surface area (Å²) in [6, 6.07) is 14.2. The van der Waals surface area contributed by atoms with E-state index in [1.54, 1.807) is 55.6 Å². The van der Waals surface area contributed by atoms with Crippen molar-refractivity contribution in [3.63, 3.8) is 0 Å².